The number of nitrogens with one attached hydrogen (secondary N) is 3. The summed E-state index contributed by atoms with van der Waals surface area (Å²) >= 11 is 4.85. The first-order valence-electron chi connectivity index (χ1n) is 9.37. The van der Waals surface area contributed by atoms with E-state index in [1.807, 2.05) is 30.3 Å². The quantitative estimate of drug-likeness (QED) is 0.572. The van der Waals surface area contributed by atoms with Crippen LogP contribution in [0.2, 0.25) is 0 Å². The van der Waals surface area contributed by atoms with Gasteiger partial charge in [0.2, 0.25) is 5.91 Å². The van der Waals surface area contributed by atoms with Gasteiger partial charge in [0, 0.05) is 6.20 Å². The van der Waals surface area contributed by atoms with E-state index in [2.05, 4.69) is 20.9 Å². The lowest BCUT2D eigenvalue weighted by molar-refractivity contribution is -0.117. The minimum atomic E-state index is -1.02. The van der Waals surface area contributed by atoms with Crippen LogP contribution in [-0.2, 0) is 9.53 Å². The smallest absolute Gasteiger partial charge is 0.408 e. The molecule has 0 radical (unpaired) electrons. The highest BCUT2D eigenvalue weighted by Gasteiger charge is 2.46. The van der Waals surface area contributed by atoms with Crippen molar-refractivity contribution in [2.75, 3.05) is 10.6 Å². The van der Waals surface area contributed by atoms with Gasteiger partial charge in [-0.3, -0.25) is 4.79 Å². The third kappa shape index (κ3) is 4.82. The standard InChI is InChI=1S/C21H26N4O3S/c1-20(2,3)28-19(27)25-15(13-9-6-5-7-10-13)21(4,29)16-18(26)23-14-11-8-12-22-17(14)24-16/h5-12,15-16,29H,1-4H3,(H,22,24)(H,23,26)(H,25,27)/t15-,16+,21?/m0/s1. The van der Waals surface area contributed by atoms with E-state index in [0.29, 0.717) is 11.5 Å². The number of benzene rings is 1. The third-order valence-electron chi connectivity index (χ3n) is 4.57. The molecular formula is C21H26N4O3S. The Morgan fingerprint density at radius 3 is 2.52 bits per heavy atom. The van der Waals surface area contributed by atoms with Crippen molar-refractivity contribution in [3.63, 3.8) is 0 Å². The van der Waals surface area contributed by atoms with Crippen LogP contribution in [0, 0.1) is 0 Å². The number of ether oxygens (including phenoxy) is 1. The summed E-state index contributed by atoms with van der Waals surface area (Å²) in [7, 11) is 0. The molecule has 0 aliphatic carbocycles. The number of anilines is 2. The summed E-state index contributed by atoms with van der Waals surface area (Å²) in [6, 6.07) is 11.5. The van der Waals surface area contributed by atoms with Crippen molar-refractivity contribution in [1.29, 1.82) is 0 Å². The normalized spacial score (nSPS) is 19.1. The van der Waals surface area contributed by atoms with Crippen LogP contribution in [-0.4, -0.2) is 33.4 Å². The molecule has 1 aromatic heterocycles. The predicted molar refractivity (Wildman–Crippen MR) is 116 cm³/mol. The fraction of sp³-hybridized carbons (Fsp3) is 0.381. The van der Waals surface area contributed by atoms with Crippen molar-refractivity contribution in [2.24, 2.45) is 0 Å². The lowest BCUT2D eigenvalue weighted by atomic mass is 9.86. The Kier molecular flexibility index (Phi) is 5.75. The number of pyridine rings is 1. The second-order valence-corrected chi connectivity index (χ2v) is 9.15. The van der Waals surface area contributed by atoms with E-state index < -0.39 is 28.5 Å². The lowest BCUT2D eigenvalue weighted by Gasteiger charge is -2.42. The SMILES string of the molecule is CC(C)(C)OC(=O)N[C@@H](c1ccccc1)C(C)(S)[C@@H]1Nc2ncccc2NC1=O. The van der Waals surface area contributed by atoms with Crippen LogP contribution >= 0.6 is 12.6 Å². The first kappa shape index (κ1) is 21.0. The molecule has 0 saturated carbocycles. The van der Waals surface area contributed by atoms with Gasteiger partial charge in [-0.1, -0.05) is 30.3 Å². The predicted octanol–water partition coefficient (Wildman–Crippen LogP) is 3.77. The Hall–Kier alpha value is -2.74. The molecule has 0 fully saturated rings. The molecule has 1 aliphatic heterocycles. The van der Waals surface area contributed by atoms with Crippen molar-refractivity contribution < 1.29 is 14.3 Å². The number of carbonyl (C=O) groups excluding carboxylic acids is 2. The van der Waals surface area contributed by atoms with Gasteiger partial charge < -0.3 is 20.7 Å². The molecule has 154 valence electrons. The summed E-state index contributed by atoms with van der Waals surface area (Å²) in [5, 5.41) is 8.92. The molecular weight excluding hydrogens is 388 g/mol. The van der Waals surface area contributed by atoms with Crippen molar-refractivity contribution >= 4 is 36.1 Å². The number of aromatic nitrogens is 1. The van der Waals surface area contributed by atoms with Gasteiger partial charge in [-0.15, -0.1) is 0 Å². The summed E-state index contributed by atoms with van der Waals surface area (Å²) in [5.74, 6) is 0.302. The molecule has 2 heterocycles. The monoisotopic (exact) mass is 414 g/mol. The summed E-state index contributed by atoms with van der Waals surface area (Å²) in [4.78, 5) is 29.7. The topological polar surface area (TPSA) is 92.3 Å². The zero-order valence-electron chi connectivity index (χ0n) is 16.9. The molecule has 3 rings (SSSR count). The largest absolute Gasteiger partial charge is 0.444 e. The van der Waals surface area contributed by atoms with E-state index in [9.17, 15) is 9.59 Å². The molecule has 0 bridgehead atoms. The summed E-state index contributed by atoms with van der Waals surface area (Å²) in [6.07, 6.45) is 1.06. The number of thiol groups is 1. The van der Waals surface area contributed by atoms with Gasteiger partial charge in [0.25, 0.3) is 0 Å². The Morgan fingerprint density at radius 2 is 1.86 bits per heavy atom. The number of hydrogen-bond donors (Lipinski definition) is 4. The van der Waals surface area contributed by atoms with Gasteiger partial charge in [0.15, 0.2) is 0 Å². The van der Waals surface area contributed by atoms with Crippen molar-refractivity contribution in [1.82, 2.24) is 10.3 Å². The van der Waals surface area contributed by atoms with Crippen LogP contribution in [0.25, 0.3) is 0 Å². The highest BCUT2D eigenvalue weighted by Crippen LogP contribution is 2.39. The van der Waals surface area contributed by atoms with Crippen LogP contribution in [0.1, 0.15) is 39.3 Å². The molecule has 1 aromatic carbocycles. The van der Waals surface area contributed by atoms with Gasteiger partial charge in [-0.25, -0.2) is 9.78 Å². The minimum Gasteiger partial charge on any atom is -0.444 e. The molecule has 0 spiro atoms. The van der Waals surface area contributed by atoms with Gasteiger partial charge in [0.05, 0.1) is 16.5 Å². The molecule has 3 atom stereocenters. The second-order valence-electron chi connectivity index (χ2n) is 8.18. The molecule has 2 aromatic rings. The van der Waals surface area contributed by atoms with Gasteiger partial charge in [-0.05, 0) is 45.4 Å². The van der Waals surface area contributed by atoms with Crippen LogP contribution in [0.4, 0.5) is 16.3 Å². The number of amides is 2. The lowest BCUT2D eigenvalue weighted by Crippen LogP contribution is -2.57. The molecule has 0 saturated heterocycles. The van der Waals surface area contributed by atoms with Crippen LogP contribution in [0.5, 0.6) is 0 Å². The highest BCUT2D eigenvalue weighted by molar-refractivity contribution is 7.82. The van der Waals surface area contributed by atoms with E-state index in [4.69, 9.17) is 17.4 Å². The maximum absolute atomic E-state index is 12.9. The van der Waals surface area contributed by atoms with Crippen molar-refractivity contribution in [3.8, 4) is 0 Å². The molecule has 3 N–H and O–H groups in total. The minimum absolute atomic E-state index is 0.255. The summed E-state index contributed by atoms with van der Waals surface area (Å²) in [5.41, 5.74) is 0.758. The first-order valence-corrected chi connectivity index (χ1v) is 9.82. The number of fused-ring (bicyclic) bond motifs is 1. The zero-order valence-corrected chi connectivity index (χ0v) is 17.8. The molecule has 2 amide bonds. The Bertz CT molecular complexity index is 896. The highest BCUT2D eigenvalue weighted by atomic mass is 32.1. The van der Waals surface area contributed by atoms with Crippen LogP contribution in [0.15, 0.2) is 48.7 Å². The number of hydrogen-bond acceptors (Lipinski definition) is 6. The zero-order chi connectivity index (χ0) is 21.2. The second kappa shape index (κ2) is 7.94. The Morgan fingerprint density at radius 1 is 1.17 bits per heavy atom. The van der Waals surface area contributed by atoms with E-state index >= 15 is 0 Å². The number of rotatable bonds is 4. The molecule has 7 nitrogen and oxygen atoms in total. The fourth-order valence-corrected chi connectivity index (χ4v) is 3.64. The average molecular weight is 415 g/mol. The summed E-state index contributed by atoms with van der Waals surface area (Å²) in [6.45, 7) is 7.19. The molecule has 1 unspecified atom stereocenters. The average Bonchev–Trinajstić information content (AvgIpc) is 2.64. The number of nitrogens with zero attached hydrogens (tertiary/aromatic N) is 1. The number of carbonyl (C=O) groups is 2. The summed E-state index contributed by atoms with van der Waals surface area (Å²) < 4.78 is 4.42. The van der Waals surface area contributed by atoms with Crippen LogP contribution < -0.4 is 16.0 Å². The molecule has 29 heavy (non-hydrogen) atoms. The van der Waals surface area contributed by atoms with Crippen molar-refractivity contribution in [2.45, 2.75) is 50.1 Å². The third-order valence-corrected chi connectivity index (χ3v) is 5.09. The number of alkyl carbamates (subject to hydrolysis) is 1. The molecule has 8 heteroatoms. The maximum Gasteiger partial charge on any atom is 0.408 e. The maximum atomic E-state index is 12.9. The Labute approximate surface area is 176 Å². The van der Waals surface area contributed by atoms with Gasteiger partial charge in [0.1, 0.15) is 17.5 Å². The molecule has 1 aliphatic rings. The van der Waals surface area contributed by atoms with Crippen LogP contribution in [0.3, 0.4) is 0 Å². The first-order chi connectivity index (χ1) is 13.6. The van der Waals surface area contributed by atoms with E-state index in [1.54, 1.807) is 46.0 Å². The fourth-order valence-electron chi connectivity index (χ4n) is 3.24. The van der Waals surface area contributed by atoms with Gasteiger partial charge >= 0.3 is 6.09 Å². The Balaban J connectivity index is 1.93. The van der Waals surface area contributed by atoms with Gasteiger partial charge in [-0.2, -0.15) is 12.6 Å². The van der Waals surface area contributed by atoms with Crippen molar-refractivity contribution in [3.05, 3.63) is 54.2 Å². The van der Waals surface area contributed by atoms with E-state index in [1.165, 1.54) is 0 Å². The van der Waals surface area contributed by atoms with E-state index in [0.717, 1.165) is 5.56 Å². The van der Waals surface area contributed by atoms with E-state index in [-0.39, 0.29) is 5.91 Å².